The Morgan fingerprint density at radius 3 is 2.85 bits per heavy atom. The number of hydrogen-bond acceptors (Lipinski definition) is 5. The zero-order chi connectivity index (χ0) is 17.5. The maximum Gasteiger partial charge on any atom is 0.250 e. The monoisotopic (exact) mass is 351 g/mol. The second kappa shape index (κ2) is 6.50. The van der Waals surface area contributed by atoms with Gasteiger partial charge in [0, 0.05) is 63.1 Å². The van der Waals surface area contributed by atoms with Crippen LogP contribution in [0.2, 0.25) is 0 Å². The summed E-state index contributed by atoms with van der Waals surface area (Å²) in [6.07, 6.45) is 5.57. The SMILES string of the molecule is O=c1cccc2n1CC1CC2CN(Cc2ccnc(N3CCCC3)n2)C1. The summed E-state index contributed by atoms with van der Waals surface area (Å²) in [5.74, 6) is 1.90. The van der Waals surface area contributed by atoms with E-state index in [0.29, 0.717) is 11.8 Å². The number of fused-ring (bicyclic) bond motifs is 4. The summed E-state index contributed by atoms with van der Waals surface area (Å²) in [7, 11) is 0. The molecule has 26 heavy (non-hydrogen) atoms. The van der Waals surface area contributed by atoms with Crippen molar-refractivity contribution < 1.29 is 0 Å². The Morgan fingerprint density at radius 2 is 1.96 bits per heavy atom. The van der Waals surface area contributed by atoms with Crippen LogP contribution in [-0.2, 0) is 13.1 Å². The van der Waals surface area contributed by atoms with Crippen molar-refractivity contribution in [2.75, 3.05) is 31.1 Å². The van der Waals surface area contributed by atoms with Crippen LogP contribution in [0.15, 0.2) is 35.3 Å². The molecule has 2 aromatic rings. The summed E-state index contributed by atoms with van der Waals surface area (Å²) < 4.78 is 1.99. The molecule has 0 spiro atoms. The molecule has 2 unspecified atom stereocenters. The second-order valence-electron chi connectivity index (χ2n) is 7.93. The average Bonchev–Trinajstić information content (AvgIpc) is 3.18. The summed E-state index contributed by atoms with van der Waals surface area (Å²) in [6.45, 7) is 5.91. The quantitative estimate of drug-likeness (QED) is 0.845. The molecule has 3 aliphatic rings. The lowest BCUT2D eigenvalue weighted by Crippen LogP contribution is -2.46. The van der Waals surface area contributed by atoms with Crippen molar-refractivity contribution in [1.82, 2.24) is 19.4 Å². The number of hydrogen-bond donors (Lipinski definition) is 0. The number of likely N-dealkylation sites (tertiary alicyclic amines) is 1. The van der Waals surface area contributed by atoms with Crippen LogP contribution >= 0.6 is 0 Å². The molecular formula is C20H25N5O. The summed E-state index contributed by atoms with van der Waals surface area (Å²) in [6, 6.07) is 7.76. The third-order valence-corrected chi connectivity index (χ3v) is 6.03. The molecule has 2 bridgehead atoms. The van der Waals surface area contributed by atoms with Crippen LogP contribution in [0.5, 0.6) is 0 Å². The van der Waals surface area contributed by atoms with Crippen molar-refractivity contribution in [1.29, 1.82) is 0 Å². The maximum absolute atomic E-state index is 12.2. The first-order valence-electron chi connectivity index (χ1n) is 9.75. The predicted octanol–water partition coefficient (Wildman–Crippen LogP) is 1.86. The fourth-order valence-corrected chi connectivity index (χ4v) is 4.90. The van der Waals surface area contributed by atoms with Crippen LogP contribution in [0.1, 0.15) is 36.6 Å². The normalized spacial score (nSPS) is 25.3. The maximum atomic E-state index is 12.2. The standard InChI is InChI=1S/C20H25N5O/c26-19-5-3-4-18-16-10-15(12-25(18)19)11-23(13-16)14-17-6-7-21-20(22-17)24-8-1-2-9-24/h3-7,15-16H,1-2,8-14H2. The van der Waals surface area contributed by atoms with E-state index in [-0.39, 0.29) is 5.56 Å². The Bertz CT molecular complexity index is 857. The number of nitrogens with zero attached hydrogens (tertiary/aromatic N) is 5. The van der Waals surface area contributed by atoms with Crippen molar-refractivity contribution in [2.24, 2.45) is 5.92 Å². The molecule has 5 rings (SSSR count). The lowest BCUT2D eigenvalue weighted by molar-refractivity contribution is 0.113. The molecule has 6 heteroatoms. The molecule has 2 fully saturated rings. The smallest absolute Gasteiger partial charge is 0.250 e. The number of anilines is 1. The zero-order valence-corrected chi connectivity index (χ0v) is 15.0. The van der Waals surface area contributed by atoms with Crippen LogP contribution < -0.4 is 10.5 Å². The Labute approximate surface area is 153 Å². The molecule has 0 aliphatic carbocycles. The molecule has 6 nitrogen and oxygen atoms in total. The fourth-order valence-electron chi connectivity index (χ4n) is 4.90. The van der Waals surface area contributed by atoms with E-state index in [9.17, 15) is 4.79 Å². The largest absolute Gasteiger partial charge is 0.341 e. The number of piperidine rings is 1. The molecule has 2 saturated heterocycles. The van der Waals surface area contributed by atoms with E-state index in [1.54, 1.807) is 6.07 Å². The van der Waals surface area contributed by atoms with Gasteiger partial charge in [-0.15, -0.1) is 0 Å². The average molecular weight is 351 g/mol. The molecular weight excluding hydrogens is 326 g/mol. The molecule has 2 aromatic heterocycles. The van der Waals surface area contributed by atoms with E-state index in [4.69, 9.17) is 4.98 Å². The first-order chi connectivity index (χ1) is 12.8. The van der Waals surface area contributed by atoms with Gasteiger partial charge in [-0.25, -0.2) is 9.97 Å². The van der Waals surface area contributed by atoms with Crippen molar-refractivity contribution in [3.8, 4) is 0 Å². The Morgan fingerprint density at radius 1 is 1.08 bits per heavy atom. The zero-order valence-electron chi connectivity index (χ0n) is 15.0. The minimum Gasteiger partial charge on any atom is -0.341 e. The van der Waals surface area contributed by atoms with Crippen molar-refractivity contribution in [3.63, 3.8) is 0 Å². The molecule has 0 N–H and O–H groups in total. The lowest BCUT2D eigenvalue weighted by Gasteiger charge is -2.42. The van der Waals surface area contributed by atoms with E-state index in [1.165, 1.54) is 25.0 Å². The highest BCUT2D eigenvalue weighted by molar-refractivity contribution is 5.31. The van der Waals surface area contributed by atoms with Gasteiger partial charge in [-0.3, -0.25) is 9.69 Å². The van der Waals surface area contributed by atoms with Crippen molar-refractivity contribution in [3.05, 3.63) is 52.2 Å². The minimum absolute atomic E-state index is 0.150. The summed E-state index contributed by atoms with van der Waals surface area (Å²) in [5.41, 5.74) is 2.46. The Kier molecular flexibility index (Phi) is 4.00. The number of aromatic nitrogens is 3. The predicted molar refractivity (Wildman–Crippen MR) is 100 cm³/mol. The van der Waals surface area contributed by atoms with Gasteiger partial charge in [0.25, 0.3) is 5.56 Å². The van der Waals surface area contributed by atoms with Gasteiger partial charge < -0.3 is 9.47 Å². The van der Waals surface area contributed by atoms with Crippen LogP contribution in [0.25, 0.3) is 0 Å². The third-order valence-electron chi connectivity index (χ3n) is 6.03. The first kappa shape index (κ1) is 16.0. The summed E-state index contributed by atoms with van der Waals surface area (Å²) in [4.78, 5) is 26.2. The van der Waals surface area contributed by atoms with Crippen molar-refractivity contribution in [2.45, 2.75) is 38.3 Å². The topological polar surface area (TPSA) is 54.3 Å². The molecule has 0 saturated carbocycles. The molecule has 136 valence electrons. The molecule has 0 aromatic carbocycles. The summed E-state index contributed by atoms with van der Waals surface area (Å²) >= 11 is 0. The van der Waals surface area contributed by atoms with E-state index < -0.39 is 0 Å². The van der Waals surface area contributed by atoms with Gasteiger partial charge in [0.1, 0.15) is 0 Å². The highest BCUT2D eigenvalue weighted by Gasteiger charge is 2.34. The highest BCUT2D eigenvalue weighted by Crippen LogP contribution is 2.35. The van der Waals surface area contributed by atoms with E-state index in [0.717, 1.165) is 50.9 Å². The van der Waals surface area contributed by atoms with Gasteiger partial charge in [-0.1, -0.05) is 6.07 Å². The van der Waals surface area contributed by atoms with E-state index in [2.05, 4.69) is 20.9 Å². The van der Waals surface area contributed by atoms with Gasteiger partial charge in [0.15, 0.2) is 0 Å². The third kappa shape index (κ3) is 2.92. The van der Waals surface area contributed by atoms with E-state index >= 15 is 0 Å². The van der Waals surface area contributed by atoms with Gasteiger partial charge in [-0.2, -0.15) is 0 Å². The first-order valence-corrected chi connectivity index (χ1v) is 9.75. The molecule has 5 heterocycles. The lowest BCUT2D eigenvalue weighted by atomic mass is 9.83. The van der Waals surface area contributed by atoms with Crippen molar-refractivity contribution >= 4 is 5.95 Å². The van der Waals surface area contributed by atoms with Crippen LogP contribution in [0, 0.1) is 5.92 Å². The van der Waals surface area contributed by atoms with Crippen LogP contribution in [0.3, 0.4) is 0 Å². The Balaban J connectivity index is 1.34. The van der Waals surface area contributed by atoms with Crippen LogP contribution in [0.4, 0.5) is 5.95 Å². The Hall–Kier alpha value is -2.21. The van der Waals surface area contributed by atoms with Gasteiger partial charge in [0.05, 0.1) is 5.69 Å². The minimum atomic E-state index is 0.150. The van der Waals surface area contributed by atoms with E-state index in [1.807, 2.05) is 22.9 Å². The molecule has 0 amide bonds. The number of pyridine rings is 1. The fraction of sp³-hybridized carbons (Fsp3) is 0.550. The molecule has 2 atom stereocenters. The molecule has 0 radical (unpaired) electrons. The highest BCUT2D eigenvalue weighted by atomic mass is 16.1. The molecule has 3 aliphatic heterocycles. The summed E-state index contributed by atoms with van der Waals surface area (Å²) in [5, 5.41) is 0. The van der Waals surface area contributed by atoms with Gasteiger partial charge in [-0.05, 0) is 37.3 Å². The van der Waals surface area contributed by atoms with Gasteiger partial charge in [0.2, 0.25) is 5.95 Å². The number of rotatable bonds is 3. The van der Waals surface area contributed by atoms with Gasteiger partial charge >= 0.3 is 0 Å². The van der Waals surface area contributed by atoms with Crippen LogP contribution in [-0.4, -0.2) is 45.6 Å². The second-order valence-corrected chi connectivity index (χ2v) is 7.93.